The van der Waals surface area contributed by atoms with Crippen LogP contribution in [0.25, 0.3) is 0 Å². The van der Waals surface area contributed by atoms with Crippen LogP contribution in [-0.4, -0.2) is 12.9 Å². The quantitative estimate of drug-likeness (QED) is 0.636. The summed E-state index contributed by atoms with van der Waals surface area (Å²) in [4.78, 5) is 0. The first-order chi connectivity index (χ1) is 6.77. The number of ether oxygens (including phenoxy) is 1. The maximum atomic E-state index is 5.29. The maximum absolute atomic E-state index is 5.29. The standard InChI is InChI=1S/C11H15BrOS/c1-13-11-6-5-10(12)8-9(11)4-2-3-7-14/h5-6,8,14H,2-4,7H2,1H3. The number of rotatable bonds is 5. The minimum absolute atomic E-state index is 0.955. The number of methoxy groups -OCH3 is 1. The molecular formula is C11H15BrOS. The SMILES string of the molecule is COc1ccc(Br)cc1CCCCS. The van der Waals surface area contributed by atoms with Crippen molar-refractivity contribution in [2.24, 2.45) is 0 Å². The summed E-state index contributed by atoms with van der Waals surface area (Å²) < 4.78 is 6.40. The first kappa shape index (κ1) is 11.9. The third kappa shape index (κ3) is 3.54. The fourth-order valence-electron chi connectivity index (χ4n) is 1.37. The van der Waals surface area contributed by atoms with Gasteiger partial charge in [-0.1, -0.05) is 15.9 Å². The van der Waals surface area contributed by atoms with E-state index in [0.29, 0.717) is 0 Å². The zero-order valence-electron chi connectivity index (χ0n) is 8.29. The van der Waals surface area contributed by atoms with Crippen LogP contribution in [0.2, 0.25) is 0 Å². The number of halogens is 1. The Labute approximate surface area is 99.4 Å². The van der Waals surface area contributed by atoms with E-state index in [9.17, 15) is 0 Å². The Morgan fingerprint density at radius 3 is 2.79 bits per heavy atom. The lowest BCUT2D eigenvalue weighted by molar-refractivity contribution is 0.409. The lowest BCUT2D eigenvalue weighted by atomic mass is 10.1. The highest BCUT2D eigenvalue weighted by Crippen LogP contribution is 2.24. The van der Waals surface area contributed by atoms with Crippen LogP contribution < -0.4 is 4.74 Å². The number of aryl methyl sites for hydroxylation is 1. The van der Waals surface area contributed by atoms with Gasteiger partial charge in [-0.15, -0.1) is 0 Å². The molecular weight excluding hydrogens is 260 g/mol. The van der Waals surface area contributed by atoms with Crippen molar-refractivity contribution >= 4 is 28.6 Å². The van der Waals surface area contributed by atoms with Crippen LogP contribution >= 0.6 is 28.6 Å². The van der Waals surface area contributed by atoms with E-state index in [1.165, 1.54) is 5.56 Å². The van der Waals surface area contributed by atoms with Gasteiger partial charge in [0.2, 0.25) is 0 Å². The third-order valence-electron chi connectivity index (χ3n) is 2.10. The Morgan fingerprint density at radius 1 is 1.36 bits per heavy atom. The summed E-state index contributed by atoms with van der Waals surface area (Å²) in [5.74, 6) is 1.93. The van der Waals surface area contributed by atoms with Crippen LogP contribution in [0.15, 0.2) is 22.7 Å². The van der Waals surface area contributed by atoms with Crippen molar-refractivity contribution in [3.05, 3.63) is 28.2 Å². The zero-order valence-corrected chi connectivity index (χ0v) is 10.8. The van der Waals surface area contributed by atoms with Gasteiger partial charge in [-0.05, 0) is 48.8 Å². The molecule has 1 rings (SSSR count). The highest BCUT2D eigenvalue weighted by molar-refractivity contribution is 9.10. The molecule has 0 aliphatic heterocycles. The molecule has 0 fully saturated rings. The molecule has 1 nitrogen and oxygen atoms in total. The van der Waals surface area contributed by atoms with Gasteiger partial charge < -0.3 is 4.74 Å². The molecule has 0 aliphatic carbocycles. The average Bonchev–Trinajstić information content (AvgIpc) is 2.19. The van der Waals surface area contributed by atoms with Crippen molar-refractivity contribution in [2.45, 2.75) is 19.3 Å². The van der Waals surface area contributed by atoms with E-state index < -0.39 is 0 Å². The lowest BCUT2D eigenvalue weighted by Crippen LogP contribution is -1.92. The first-order valence-corrected chi connectivity index (χ1v) is 6.13. The number of benzene rings is 1. The zero-order chi connectivity index (χ0) is 10.4. The van der Waals surface area contributed by atoms with Gasteiger partial charge >= 0.3 is 0 Å². The second kappa shape index (κ2) is 6.36. The van der Waals surface area contributed by atoms with E-state index >= 15 is 0 Å². The molecule has 3 heteroatoms. The molecule has 0 amide bonds. The van der Waals surface area contributed by atoms with Crippen molar-refractivity contribution in [1.82, 2.24) is 0 Å². The van der Waals surface area contributed by atoms with Crippen molar-refractivity contribution in [3.63, 3.8) is 0 Å². The second-order valence-electron chi connectivity index (χ2n) is 3.14. The van der Waals surface area contributed by atoms with E-state index in [1.807, 2.05) is 12.1 Å². The van der Waals surface area contributed by atoms with Gasteiger partial charge in [0.15, 0.2) is 0 Å². The second-order valence-corrected chi connectivity index (χ2v) is 4.50. The van der Waals surface area contributed by atoms with Crippen molar-refractivity contribution in [2.75, 3.05) is 12.9 Å². The van der Waals surface area contributed by atoms with Gasteiger partial charge in [0.05, 0.1) is 7.11 Å². The Hall–Kier alpha value is -0.150. The monoisotopic (exact) mass is 274 g/mol. The topological polar surface area (TPSA) is 9.23 Å². The predicted molar refractivity (Wildman–Crippen MR) is 67.5 cm³/mol. The number of thiol groups is 1. The van der Waals surface area contributed by atoms with Gasteiger partial charge in [-0.3, -0.25) is 0 Å². The molecule has 0 unspecified atom stereocenters. The minimum atomic E-state index is 0.955. The Balaban J connectivity index is 2.67. The summed E-state index contributed by atoms with van der Waals surface area (Å²) in [5.41, 5.74) is 1.27. The highest BCUT2D eigenvalue weighted by atomic mass is 79.9. The molecule has 14 heavy (non-hydrogen) atoms. The molecule has 78 valence electrons. The smallest absolute Gasteiger partial charge is 0.122 e. The van der Waals surface area contributed by atoms with Crippen molar-refractivity contribution in [1.29, 1.82) is 0 Å². The van der Waals surface area contributed by atoms with Crippen LogP contribution in [-0.2, 0) is 6.42 Å². The first-order valence-electron chi connectivity index (χ1n) is 4.71. The summed E-state index contributed by atoms with van der Waals surface area (Å²) in [6.45, 7) is 0. The number of hydrogen-bond acceptors (Lipinski definition) is 2. The van der Waals surface area contributed by atoms with Crippen molar-refractivity contribution < 1.29 is 4.74 Å². The lowest BCUT2D eigenvalue weighted by Gasteiger charge is -2.08. The summed E-state index contributed by atoms with van der Waals surface area (Å²) in [6, 6.07) is 6.12. The van der Waals surface area contributed by atoms with E-state index in [0.717, 1.165) is 35.2 Å². The summed E-state index contributed by atoms with van der Waals surface area (Å²) in [5, 5.41) is 0. The normalized spacial score (nSPS) is 10.2. The summed E-state index contributed by atoms with van der Waals surface area (Å²) in [6.07, 6.45) is 3.37. The molecule has 0 saturated carbocycles. The molecule has 0 aromatic heterocycles. The molecule has 0 radical (unpaired) electrons. The summed E-state index contributed by atoms with van der Waals surface area (Å²) >= 11 is 7.66. The molecule has 0 atom stereocenters. The van der Waals surface area contributed by atoms with Crippen molar-refractivity contribution in [3.8, 4) is 5.75 Å². The predicted octanol–water partition coefficient (Wildman–Crippen LogP) is 3.71. The number of unbranched alkanes of at least 4 members (excludes halogenated alkanes) is 1. The van der Waals surface area contributed by atoms with Crippen LogP contribution in [0.1, 0.15) is 18.4 Å². The van der Waals surface area contributed by atoms with E-state index in [-0.39, 0.29) is 0 Å². The maximum Gasteiger partial charge on any atom is 0.122 e. The van der Waals surface area contributed by atoms with Gasteiger partial charge in [-0.25, -0.2) is 0 Å². The third-order valence-corrected chi connectivity index (χ3v) is 2.91. The fourth-order valence-corrected chi connectivity index (χ4v) is 2.00. The molecule has 0 spiro atoms. The molecule has 0 saturated heterocycles. The molecule has 0 aliphatic rings. The average molecular weight is 275 g/mol. The fraction of sp³-hybridized carbons (Fsp3) is 0.455. The Morgan fingerprint density at radius 2 is 2.14 bits per heavy atom. The van der Waals surface area contributed by atoms with Gasteiger partial charge in [0.1, 0.15) is 5.75 Å². The molecule has 0 N–H and O–H groups in total. The van der Waals surface area contributed by atoms with Crippen LogP contribution in [0.3, 0.4) is 0 Å². The molecule has 1 aromatic rings. The minimum Gasteiger partial charge on any atom is -0.496 e. The van der Waals surface area contributed by atoms with Gasteiger partial charge in [0, 0.05) is 4.47 Å². The summed E-state index contributed by atoms with van der Waals surface area (Å²) in [7, 11) is 1.71. The molecule has 0 heterocycles. The Kier molecular flexibility index (Phi) is 5.41. The number of hydrogen-bond donors (Lipinski definition) is 1. The van der Waals surface area contributed by atoms with E-state index in [2.05, 4.69) is 34.6 Å². The largest absolute Gasteiger partial charge is 0.496 e. The Bertz CT molecular complexity index is 289. The van der Waals surface area contributed by atoms with Crippen LogP contribution in [0.4, 0.5) is 0 Å². The van der Waals surface area contributed by atoms with Gasteiger partial charge in [-0.2, -0.15) is 12.6 Å². The van der Waals surface area contributed by atoms with Gasteiger partial charge in [0.25, 0.3) is 0 Å². The van der Waals surface area contributed by atoms with Crippen LogP contribution in [0, 0.1) is 0 Å². The van der Waals surface area contributed by atoms with Crippen LogP contribution in [0.5, 0.6) is 5.75 Å². The molecule has 0 bridgehead atoms. The van der Waals surface area contributed by atoms with E-state index in [1.54, 1.807) is 7.11 Å². The highest BCUT2D eigenvalue weighted by Gasteiger charge is 2.02. The molecule has 1 aromatic carbocycles. The van der Waals surface area contributed by atoms with E-state index in [4.69, 9.17) is 4.74 Å².